The Bertz CT molecular complexity index is 617. The smallest absolute Gasteiger partial charge is 0.242 e. The topological polar surface area (TPSA) is 113 Å². The van der Waals surface area contributed by atoms with E-state index in [1.54, 1.807) is 19.9 Å². The summed E-state index contributed by atoms with van der Waals surface area (Å²) in [6.07, 6.45) is 0. The molecule has 1 rings (SSSR count). The van der Waals surface area contributed by atoms with E-state index in [0.717, 1.165) is 0 Å². The Morgan fingerprint density at radius 1 is 1.37 bits per heavy atom. The summed E-state index contributed by atoms with van der Waals surface area (Å²) in [4.78, 5) is 11.7. The van der Waals surface area contributed by atoms with Gasteiger partial charge < -0.3 is 5.32 Å². The molecule has 3 N–H and O–H groups in total. The minimum absolute atomic E-state index is 0.0795. The minimum atomic E-state index is -3.93. The number of benzene rings is 1. The summed E-state index contributed by atoms with van der Waals surface area (Å²) in [7, 11) is -3.93. The molecule has 1 aromatic carbocycles. The van der Waals surface area contributed by atoms with Crippen LogP contribution in [0, 0.1) is 23.2 Å². The van der Waals surface area contributed by atoms with Crippen LogP contribution >= 0.6 is 0 Å². The molecule has 0 aromatic heterocycles. The Morgan fingerprint density at radius 2 is 1.95 bits per heavy atom. The van der Waals surface area contributed by atoms with Crippen LogP contribution in [0.5, 0.6) is 0 Å². The van der Waals surface area contributed by atoms with Crippen molar-refractivity contribution in [1.82, 2.24) is 0 Å². The van der Waals surface area contributed by atoms with Crippen molar-refractivity contribution in [2.75, 3.05) is 5.32 Å². The van der Waals surface area contributed by atoms with Gasteiger partial charge in [0.1, 0.15) is 10.8 Å². The van der Waals surface area contributed by atoms with Crippen LogP contribution in [0.3, 0.4) is 0 Å². The van der Waals surface area contributed by atoms with Crippen molar-refractivity contribution in [1.29, 1.82) is 5.26 Å². The molecule has 0 heterocycles. The molecule has 0 aliphatic heterocycles. The summed E-state index contributed by atoms with van der Waals surface area (Å²) in [5, 5.41) is 16.4. The minimum Gasteiger partial charge on any atom is -0.324 e. The molecule has 6 nitrogen and oxygen atoms in total. The number of hydrogen-bond acceptors (Lipinski definition) is 4. The fourth-order valence-electron chi connectivity index (χ4n) is 1.54. The molecule has 1 aromatic rings. The van der Waals surface area contributed by atoms with Crippen LogP contribution in [0.25, 0.3) is 0 Å². The standard InChI is InChI=1S/C12H15N3O3S/c1-8(2)9(7-13)12(16)15-10-5-3-4-6-11(10)19(14,17)18/h3-6,8-9H,1-2H3,(H,15,16)(H2,14,17,18). The van der Waals surface area contributed by atoms with Crippen LogP contribution in [0.1, 0.15) is 13.8 Å². The van der Waals surface area contributed by atoms with E-state index in [2.05, 4.69) is 5.32 Å². The monoisotopic (exact) mass is 281 g/mol. The molecule has 0 bridgehead atoms. The molecule has 0 radical (unpaired) electrons. The normalized spacial score (nSPS) is 12.8. The zero-order valence-electron chi connectivity index (χ0n) is 10.6. The average molecular weight is 281 g/mol. The quantitative estimate of drug-likeness (QED) is 0.859. The van der Waals surface area contributed by atoms with Gasteiger partial charge in [-0.15, -0.1) is 0 Å². The molecule has 1 amide bonds. The summed E-state index contributed by atoms with van der Waals surface area (Å²) < 4.78 is 22.7. The summed E-state index contributed by atoms with van der Waals surface area (Å²) in [6.45, 7) is 3.47. The van der Waals surface area contributed by atoms with Gasteiger partial charge in [0.05, 0.1) is 11.8 Å². The van der Waals surface area contributed by atoms with Gasteiger partial charge in [-0.2, -0.15) is 5.26 Å². The highest BCUT2D eigenvalue weighted by Gasteiger charge is 2.23. The van der Waals surface area contributed by atoms with Gasteiger partial charge in [-0.25, -0.2) is 13.6 Å². The van der Waals surface area contributed by atoms with Crippen LogP contribution in [-0.2, 0) is 14.8 Å². The second-order valence-corrected chi connectivity index (χ2v) is 5.91. The molecule has 102 valence electrons. The van der Waals surface area contributed by atoms with Crippen molar-refractivity contribution >= 4 is 21.6 Å². The van der Waals surface area contributed by atoms with Crippen LogP contribution in [0.15, 0.2) is 29.2 Å². The van der Waals surface area contributed by atoms with Gasteiger partial charge in [-0.1, -0.05) is 26.0 Å². The Morgan fingerprint density at radius 3 is 2.42 bits per heavy atom. The van der Waals surface area contributed by atoms with E-state index in [1.807, 2.05) is 6.07 Å². The number of primary sulfonamides is 1. The highest BCUT2D eigenvalue weighted by molar-refractivity contribution is 7.89. The van der Waals surface area contributed by atoms with Crippen LogP contribution < -0.4 is 10.5 Å². The van der Waals surface area contributed by atoms with Gasteiger partial charge >= 0.3 is 0 Å². The molecule has 0 spiro atoms. The lowest BCUT2D eigenvalue weighted by molar-refractivity contribution is -0.119. The predicted octanol–water partition coefficient (Wildman–Crippen LogP) is 1.07. The maximum Gasteiger partial charge on any atom is 0.242 e. The molecular weight excluding hydrogens is 266 g/mol. The second-order valence-electron chi connectivity index (χ2n) is 4.38. The fraction of sp³-hybridized carbons (Fsp3) is 0.333. The summed E-state index contributed by atoms with van der Waals surface area (Å²) in [6, 6.07) is 7.67. The highest BCUT2D eigenvalue weighted by atomic mass is 32.2. The number of amides is 1. The number of nitrogens with zero attached hydrogens (tertiary/aromatic N) is 1. The van der Waals surface area contributed by atoms with Crippen molar-refractivity contribution in [3.8, 4) is 6.07 Å². The number of sulfonamides is 1. The van der Waals surface area contributed by atoms with Gasteiger partial charge in [0.2, 0.25) is 15.9 Å². The molecule has 1 unspecified atom stereocenters. The van der Waals surface area contributed by atoms with Gasteiger partial charge in [-0.3, -0.25) is 4.79 Å². The highest BCUT2D eigenvalue weighted by Crippen LogP contribution is 2.21. The molecule has 19 heavy (non-hydrogen) atoms. The molecule has 1 atom stereocenters. The molecule has 0 saturated carbocycles. The first kappa shape index (κ1) is 15.1. The van der Waals surface area contributed by atoms with E-state index < -0.39 is 21.8 Å². The van der Waals surface area contributed by atoms with Crippen molar-refractivity contribution < 1.29 is 13.2 Å². The number of anilines is 1. The first-order chi connectivity index (χ1) is 8.77. The third-order valence-electron chi connectivity index (χ3n) is 2.54. The Balaban J connectivity index is 3.08. The molecule has 0 fully saturated rings. The molecule has 7 heteroatoms. The van der Waals surface area contributed by atoms with Gasteiger partial charge in [0, 0.05) is 0 Å². The fourth-order valence-corrected chi connectivity index (χ4v) is 2.23. The number of carbonyl (C=O) groups is 1. The van der Waals surface area contributed by atoms with Gasteiger partial charge in [0.25, 0.3) is 0 Å². The Hall–Kier alpha value is -1.91. The Kier molecular flexibility index (Phi) is 4.64. The lowest BCUT2D eigenvalue weighted by atomic mass is 9.96. The van der Waals surface area contributed by atoms with Crippen LogP contribution in [0.4, 0.5) is 5.69 Å². The van der Waals surface area contributed by atoms with E-state index in [1.165, 1.54) is 18.2 Å². The number of carbonyl (C=O) groups excluding carboxylic acids is 1. The van der Waals surface area contributed by atoms with E-state index >= 15 is 0 Å². The number of nitrogens with one attached hydrogen (secondary N) is 1. The van der Waals surface area contributed by atoms with E-state index in [4.69, 9.17) is 10.4 Å². The summed E-state index contributed by atoms with van der Waals surface area (Å²) >= 11 is 0. The zero-order chi connectivity index (χ0) is 14.6. The van der Waals surface area contributed by atoms with Crippen molar-refractivity contribution in [3.63, 3.8) is 0 Å². The van der Waals surface area contributed by atoms with E-state index in [9.17, 15) is 13.2 Å². The number of rotatable bonds is 4. The lowest BCUT2D eigenvalue weighted by Gasteiger charge is -2.14. The average Bonchev–Trinajstić information content (AvgIpc) is 2.28. The van der Waals surface area contributed by atoms with Crippen molar-refractivity contribution in [3.05, 3.63) is 24.3 Å². The predicted molar refractivity (Wildman–Crippen MR) is 70.4 cm³/mol. The maximum absolute atomic E-state index is 11.9. The second kappa shape index (κ2) is 5.82. The number of nitriles is 1. The third kappa shape index (κ3) is 3.77. The Labute approximate surface area is 112 Å². The molecular formula is C12H15N3O3S. The number of nitrogens with two attached hydrogens (primary N) is 1. The van der Waals surface area contributed by atoms with E-state index in [0.29, 0.717) is 0 Å². The van der Waals surface area contributed by atoms with Crippen LogP contribution in [-0.4, -0.2) is 14.3 Å². The number of hydrogen-bond donors (Lipinski definition) is 2. The number of para-hydroxylation sites is 1. The van der Waals surface area contributed by atoms with Crippen molar-refractivity contribution in [2.45, 2.75) is 18.7 Å². The third-order valence-corrected chi connectivity index (χ3v) is 3.51. The zero-order valence-corrected chi connectivity index (χ0v) is 11.4. The summed E-state index contributed by atoms with van der Waals surface area (Å²) in [5.41, 5.74) is 0.0795. The molecule has 0 aliphatic carbocycles. The first-order valence-corrected chi connectivity index (χ1v) is 7.14. The molecule has 0 saturated heterocycles. The summed E-state index contributed by atoms with van der Waals surface area (Å²) in [5.74, 6) is -1.58. The van der Waals surface area contributed by atoms with Gasteiger partial charge in [0.15, 0.2) is 0 Å². The SMILES string of the molecule is CC(C)C(C#N)C(=O)Nc1ccccc1S(N)(=O)=O. The largest absolute Gasteiger partial charge is 0.324 e. The van der Waals surface area contributed by atoms with Crippen LogP contribution in [0.2, 0.25) is 0 Å². The van der Waals surface area contributed by atoms with Gasteiger partial charge in [-0.05, 0) is 18.1 Å². The maximum atomic E-state index is 11.9. The molecule has 0 aliphatic rings. The lowest BCUT2D eigenvalue weighted by Crippen LogP contribution is -2.27. The van der Waals surface area contributed by atoms with Crippen molar-refractivity contribution in [2.24, 2.45) is 17.0 Å². The first-order valence-electron chi connectivity index (χ1n) is 5.59. The van der Waals surface area contributed by atoms with E-state index in [-0.39, 0.29) is 16.5 Å².